The Morgan fingerprint density at radius 1 is 1.20 bits per heavy atom. The van der Waals surface area contributed by atoms with E-state index in [1.54, 1.807) is 4.90 Å². The summed E-state index contributed by atoms with van der Waals surface area (Å²) in [6, 6.07) is 9.59. The molecule has 0 aliphatic carbocycles. The summed E-state index contributed by atoms with van der Waals surface area (Å²) in [5, 5.41) is 16.2. The zero-order chi connectivity index (χ0) is 14.3. The number of benzene rings is 1. The molecule has 3 N–H and O–H groups in total. The van der Waals surface area contributed by atoms with Gasteiger partial charge < -0.3 is 10.6 Å². The summed E-state index contributed by atoms with van der Waals surface area (Å²) in [5.74, 6) is 1.30. The third-order valence-electron chi connectivity index (χ3n) is 3.30. The Labute approximate surface area is 116 Å². The number of hydrogen-bond donors (Lipinski definition) is 2. The molecule has 2 aromatic rings. The molecule has 104 valence electrons. The number of aromatic nitrogens is 2. The largest absolute Gasteiger partial charge is 0.326 e. The fraction of sp³-hybridized carbons (Fsp3) is 0.308. The van der Waals surface area contributed by atoms with Gasteiger partial charge in [0.15, 0.2) is 0 Å². The molecule has 0 fully saturated rings. The maximum atomic E-state index is 8.33. The first-order valence-electron chi connectivity index (χ1n) is 6.41. The third-order valence-corrected chi connectivity index (χ3v) is 3.30. The molecule has 1 unspecified atom stereocenters. The van der Waals surface area contributed by atoms with Crippen LogP contribution in [-0.2, 0) is 0 Å². The minimum Gasteiger partial charge on any atom is -0.326 e. The lowest BCUT2D eigenvalue weighted by Crippen LogP contribution is -2.58. The second-order valence-corrected chi connectivity index (χ2v) is 4.91. The molecule has 20 heavy (non-hydrogen) atoms. The molecule has 2 heterocycles. The molecule has 1 aliphatic rings. The SMILES string of the molecule is CC(C)N1c2nonc2N(c2ccccc2)C(=N)C1N. The standard InChI is InChI=1S/C13H16N6O/c1-8(2)18-10(14)11(15)19(9-6-4-3-5-7-9)13-12(18)16-20-17-13/h3-8,10,15H,14H2,1-2H3. The molecule has 0 amide bonds. The number of anilines is 3. The third kappa shape index (κ3) is 1.75. The Balaban J connectivity index is 2.14. The molecule has 1 aromatic heterocycles. The van der Waals surface area contributed by atoms with Gasteiger partial charge in [-0.15, -0.1) is 0 Å². The van der Waals surface area contributed by atoms with Crippen molar-refractivity contribution in [2.45, 2.75) is 26.1 Å². The van der Waals surface area contributed by atoms with Crippen molar-refractivity contribution in [3.8, 4) is 0 Å². The van der Waals surface area contributed by atoms with Crippen molar-refractivity contribution < 1.29 is 4.63 Å². The molecule has 3 rings (SSSR count). The van der Waals surface area contributed by atoms with Gasteiger partial charge in [-0.1, -0.05) is 18.2 Å². The highest BCUT2D eigenvalue weighted by Crippen LogP contribution is 2.37. The minimum atomic E-state index is -0.588. The monoisotopic (exact) mass is 272 g/mol. The van der Waals surface area contributed by atoms with E-state index < -0.39 is 6.17 Å². The van der Waals surface area contributed by atoms with E-state index in [1.807, 2.05) is 49.1 Å². The molecule has 0 saturated carbocycles. The second kappa shape index (κ2) is 4.61. The maximum absolute atomic E-state index is 8.33. The Kier molecular flexibility index (Phi) is 2.90. The highest BCUT2D eigenvalue weighted by Gasteiger charge is 2.39. The molecular formula is C13H16N6O. The first-order valence-corrected chi connectivity index (χ1v) is 6.41. The van der Waals surface area contributed by atoms with Gasteiger partial charge in [-0.3, -0.25) is 10.3 Å². The van der Waals surface area contributed by atoms with Gasteiger partial charge >= 0.3 is 0 Å². The van der Waals surface area contributed by atoms with Crippen molar-refractivity contribution in [1.29, 1.82) is 5.41 Å². The van der Waals surface area contributed by atoms with Crippen molar-refractivity contribution in [2.75, 3.05) is 9.80 Å². The van der Waals surface area contributed by atoms with E-state index in [2.05, 4.69) is 10.3 Å². The van der Waals surface area contributed by atoms with Gasteiger partial charge in [0.1, 0.15) is 12.0 Å². The fourth-order valence-electron chi connectivity index (χ4n) is 2.40. The average Bonchev–Trinajstić information content (AvgIpc) is 2.89. The number of rotatable bonds is 2. The molecule has 7 nitrogen and oxygen atoms in total. The van der Waals surface area contributed by atoms with Crippen molar-refractivity contribution in [3.05, 3.63) is 30.3 Å². The smallest absolute Gasteiger partial charge is 0.228 e. The van der Waals surface area contributed by atoms with Crippen LogP contribution < -0.4 is 15.5 Å². The molecule has 1 atom stereocenters. The van der Waals surface area contributed by atoms with Gasteiger partial charge in [-0.2, -0.15) is 0 Å². The summed E-state index contributed by atoms with van der Waals surface area (Å²) in [5.41, 5.74) is 6.99. The van der Waals surface area contributed by atoms with E-state index >= 15 is 0 Å². The normalized spacial score (nSPS) is 18.6. The number of para-hydroxylation sites is 1. The zero-order valence-electron chi connectivity index (χ0n) is 11.3. The first-order chi connectivity index (χ1) is 9.61. The van der Waals surface area contributed by atoms with Gasteiger partial charge in [-0.25, -0.2) is 4.63 Å². The molecule has 7 heteroatoms. The van der Waals surface area contributed by atoms with Crippen LogP contribution in [-0.4, -0.2) is 28.4 Å². The van der Waals surface area contributed by atoms with Gasteiger partial charge in [0.05, 0.1) is 0 Å². The van der Waals surface area contributed by atoms with Crippen LogP contribution in [0.15, 0.2) is 35.0 Å². The van der Waals surface area contributed by atoms with Crippen molar-refractivity contribution >= 4 is 23.2 Å². The number of nitrogens with zero attached hydrogens (tertiary/aromatic N) is 4. The van der Waals surface area contributed by atoms with E-state index in [0.29, 0.717) is 11.6 Å². The number of nitrogens with two attached hydrogens (primary N) is 1. The van der Waals surface area contributed by atoms with Crippen LogP contribution in [0.25, 0.3) is 0 Å². The van der Waals surface area contributed by atoms with E-state index in [9.17, 15) is 0 Å². The lowest BCUT2D eigenvalue weighted by molar-refractivity contribution is 0.308. The van der Waals surface area contributed by atoms with E-state index in [0.717, 1.165) is 5.69 Å². The van der Waals surface area contributed by atoms with Crippen LogP contribution in [0.4, 0.5) is 17.3 Å². The number of nitrogens with one attached hydrogen (secondary N) is 1. The molecule has 0 radical (unpaired) electrons. The molecular weight excluding hydrogens is 256 g/mol. The summed E-state index contributed by atoms with van der Waals surface area (Å²) >= 11 is 0. The van der Waals surface area contributed by atoms with Crippen LogP contribution in [0.2, 0.25) is 0 Å². The number of fused-ring (bicyclic) bond motifs is 1. The van der Waals surface area contributed by atoms with Crippen LogP contribution in [0.1, 0.15) is 13.8 Å². The predicted octanol–water partition coefficient (Wildman–Crippen LogP) is 1.70. The Morgan fingerprint density at radius 2 is 1.85 bits per heavy atom. The fourth-order valence-corrected chi connectivity index (χ4v) is 2.40. The maximum Gasteiger partial charge on any atom is 0.228 e. The van der Waals surface area contributed by atoms with Crippen molar-refractivity contribution in [1.82, 2.24) is 10.3 Å². The first kappa shape index (κ1) is 12.6. The van der Waals surface area contributed by atoms with Crippen LogP contribution >= 0.6 is 0 Å². The summed E-state index contributed by atoms with van der Waals surface area (Å²) in [6.07, 6.45) is -0.588. The highest BCUT2D eigenvalue weighted by atomic mass is 16.6. The predicted molar refractivity (Wildman–Crippen MR) is 76.2 cm³/mol. The zero-order valence-corrected chi connectivity index (χ0v) is 11.3. The Hall–Kier alpha value is -2.41. The number of hydrogen-bond acceptors (Lipinski definition) is 6. The molecule has 1 aromatic carbocycles. The lowest BCUT2D eigenvalue weighted by atomic mass is 10.1. The molecule has 1 aliphatic heterocycles. The van der Waals surface area contributed by atoms with E-state index in [-0.39, 0.29) is 11.9 Å². The topological polar surface area (TPSA) is 95.3 Å². The van der Waals surface area contributed by atoms with Gasteiger partial charge in [0.25, 0.3) is 0 Å². The van der Waals surface area contributed by atoms with Gasteiger partial charge in [0, 0.05) is 11.7 Å². The number of amidine groups is 1. The van der Waals surface area contributed by atoms with Gasteiger partial charge in [-0.05, 0) is 36.3 Å². The quantitative estimate of drug-likeness (QED) is 0.864. The molecule has 0 saturated heterocycles. The lowest BCUT2D eigenvalue weighted by Gasteiger charge is -2.40. The van der Waals surface area contributed by atoms with Crippen molar-refractivity contribution in [3.63, 3.8) is 0 Å². The summed E-state index contributed by atoms with van der Waals surface area (Å²) in [4.78, 5) is 3.49. The second-order valence-electron chi connectivity index (χ2n) is 4.91. The molecule has 0 bridgehead atoms. The minimum absolute atomic E-state index is 0.0916. The Morgan fingerprint density at radius 3 is 2.50 bits per heavy atom. The van der Waals surface area contributed by atoms with Gasteiger partial charge in [0.2, 0.25) is 11.6 Å². The van der Waals surface area contributed by atoms with Crippen LogP contribution in [0.5, 0.6) is 0 Å². The summed E-state index contributed by atoms with van der Waals surface area (Å²) in [7, 11) is 0. The van der Waals surface area contributed by atoms with Crippen LogP contribution in [0.3, 0.4) is 0 Å². The van der Waals surface area contributed by atoms with E-state index in [4.69, 9.17) is 15.8 Å². The van der Waals surface area contributed by atoms with Crippen molar-refractivity contribution in [2.24, 2.45) is 5.73 Å². The van der Waals surface area contributed by atoms with Crippen LogP contribution in [0, 0.1) is 5.41 Å². The summed E-state index contributed by atoms with van der Waals surface area (Å²) in [6.45, 7) is 3.98. The molecule has 0 spiro atoms. The van der Waals surface area contributed by atoms with E-state index in [1.165, 1.54) is 0 Å². The average molecular weight is 272 g/mol. The highest BCUT2D eigenvalue weighted by molar-refractivity contribution is 6.10. The Bertz CT molecular complexity index is 623. The summed E-state index contributed by atoms with van der Waals surface area (Å²) < 4.78 is 4.86.